The van der Waals surface area contributed by atoms with Crippen molar-refractivity contribution in [1.29, 1.82) is 0 Å². The normalized spacial score (nSPS) is 14.8. The van der Waals surface area contributed by atoms with Gasteiger partial charge in [-0.15, -0.1) is 0 Å². The molecule has 0 aromatic heterocycles. The molecule has 2 N–H and O–H groups in total. The molecule has 1 aromatic rings. The van der Waals surface area contributed by atoms with Gasteiger partial charge in [-0.2, -0.15) is 0 Å². The first-order valence-electron chi connectivity index (χ1n) is 6.36. The molecule has 0 saturated heterocycles. The van der Waals surface area contributed by atoms with E-state index in [0.29, 0.717) is 6.04 Å². The molecule has 0 amide bonds. The van der Waals surface area contributed by atoms with Gasteiger partial charge in [0.2, 0.25) is 0 Å². The highest BCUT2D eigenvalue weighted by Crippen LogP contribution is 2.27. The van der Waals surface area contributed by atoms with Crippen LogP contribution in [0.1, 0.15) is 38.3 Å². The SMILES string of the molecule is CCC(C)N(C)CCC(N)c1ccc(Br)cc1Cl. The molecule has 0 radical (unpaired) electrons. The van der Waals surface area contributed by atoms with Crippen molar-refractivity contribution in [3.63, 3.8) is 0 Å². The van der Waals surface area contributed by atoms with E-state index in [9.17, 15) is 0 Å². The van der Waals surface area contributed by atoms with Gasteiger partial charge in [-0.05, 0) is 51.1 Å². The Balaban J connectivity index is 2.57. The minimum absolute atomic E-state index is 0.00268. The minimum Gasteiger partial charge on any atom is -0.324 e. The van der Waals surface area contributed by atoms with Gasteiger partial charge in [0.15, 0.2) is 0 Å². The quantitative estimate of drug-likeness (QED) is 0.844. The summed E-state index contributed by atoms with van der Waals surface area (Å²) < 4.78 is 0.986. The van der Waals surface area contributed by atoms with Crippen molar-refractivity contribution in [2.24, 2.45) is 5.73 Å². The van der Waals surface area contributed by atoms with Crippen molar-refractivity contribution >= 4 is 27.5 Å². The number of hydrogen-bond donors (Lipinski definition) is 1. The summed E-state index contributed by atoms with van der Waals surface area (Å²) in [6, 6.07) is 6.48. The lowest BCUT2D eigenvalue weighted by molar-refractivity contribution is 0.243. The predicted molar refractivity (Wildman–Crippen MR) is 83.1 cm³/mol. The third kappa shape index (κ3) is 4.54. The Morgan fingerprint density at radius 2 is 2.11 bits per heavy atom. The Labute approximate surface area is 124 Å². The van der Waals surface area contributed by atoms with Gasteiger partial charge >= 0.3 is 0 Å². The molecule has 0 aliphatic heterocycles. The molecule has 18 heavy (non-hydrogen) atoms. The molecule has 2 unspecified atom stereocenters. The third-order valence-corrected chi connectivity index (χ3v) is 4.32. The Hall–Kier alpha value is -0.0900. The zero-order chi connectivity index (χ0) is 13.7. The highest BCUT2D eigenvalue weighted by molar-refractivity contribution is 9.10. The Morgan fingerprint density at radius 3 is 2.67 bits per heavy atom. The highest BCUT2D eigenvalue weighted by Gasteiger charge is 2.13. The molecule has 4 heteroatoms. The summed E-state index contributed by atoms with van der Waals surface area (Å²) in [6.45, 7) is 5.42. The van der Waals surface area contributed by atoms with Crippen molar-refractivity contribution in [1.82, 2.24) is 4.90 Å². The standard InChI is InChI=1S/C14H22BrClN2/c1-4-10(2)18(3)8-7-14(17)12-6-5-11(15)9-13(12)16/h5-6,9-10,14H,4,7-8,17H2,1-3H3. The van der Waals surface area contributed by atoms with Crippen LogP contribution in [0.2, 0.25) is 5.02 Å². The van der Waals surface area contributed by atoms with Crippen LogP contribution < -0.4 is 5.73 Å². The Morgan fingerprint density at radius 1 is 1.44 bits per heavy atom. The molecule has 0 heterocycles. The smallest absolute Gasteiger partial charge is 0.0464 e. The van der Waals surface area contributed by atoms with Crippen molar-refractivity contribution in [2.45, 2.75) is 38.8 Å². The number of rotatable bonds is 6. The van der Waals surface area contributed by atoms with Crippen molar-refractivity contribution in [3.05, 3.63) is 33.3 Å². The molecule has 0 aliphatic rings. The maximum absolute atomic E-state index is 6.21. The molecule has 102 valence electrons. The van der Waals surface area contributed by atoms with Crippen LogP contribution in [0, 0.1) is 0 Å². The van der Waals surface area contributed by atoms with E-state index in [-0.39, 0.29) is 6.04 Å². The van der Waals surface area contributed by atoms with E-state index in [1.54, 1.807) is 0 Å². The molecule has 1 rings (SSSR count). The van der Waals surface area contributed by atoms with E-state index in [1.165, 1.54) is 0 Å². The Kier molecular flexibility index (Phi) is 6.64. The number of nitrogens with two attached hydrogens (primary N) is 1. The van der Waals surface area contributed by atoms with E-state index >= 15 is 0 Å². The van der Waals surface area contributed by atoms with Gasteiger partial charge in [0.1, 0.15) is 0 Å². The van der Waals surface area contributed by atoms with Crippen LogP contribution in [0.25, 0.3) is 0 Å². The van der Waals surface area contributed by atoms with Crippen LogP contribution >= 0.6 is 27.5 Å². The van der Waals surface area contributed by atoms with E-state index in [0.717, 1.165) is 34.4 Å². The van der Waals surface area contributed by atoms with Crippen LogP contribution in [-0.2, 0) is 0 Å². The van der Waals surface area contributed by atoms with Crippen molar-refractivity contribution in [3.8, 4) is 0 Å². The lowest BCUT2D eigenvalue weighted by Crippen LogP contribution is -2.31. The van der Waals surface area contributed by atoms with Gasteiger partial charge in [0, 0.05) is 21.6 Å². The Bertz CT molecular complexity index is 384. The van der Waals surface area contributed by atoms with E-state index in [1.807, 2.05) is 18.2 Å². The molecule has 0 saturated carbocycles. The summed E-state index contributed by atoms with van der Waals surface area (Å²) in [5.74, 6) is 0. The van der Waals surface area contributed by atoms with Gasteiger partial charge in [-0.25, -0.2) is 0 Å². The van der Waals surface area contributed by atoms with Crippen LogP contribution in [0.5, 0.6) is 0 Å². The maximum Gasteiger partial charge on any atom is 0.0464 e. The lowest BCUT2D eigenvalue weighted by atomic mass is 10.0. The molecule has 0 aliphatic carbocycles. The van der Waals surface area contributed by atoms with E-state index < -0.39 is 0 Å². The minimum atomic E-state index is -0.00268. The van der Waals surface area contributed by atoms with Gasteiger partial charge < -0.3 is 10.6 Å². The summed E-state index contributed by atoms with van der Waals surface area (Å²) in [5.41, 5.74) is 7.23. The largest absolute Gasteiger partial charge is 0.324 e. The van der Waals surface area contributed by atoms with Gasteiger partial charge in [0.25, 0.3) is 0 Å². The molecule has 1 aromatic carbocycles. The van der Waals surface area contributed by atoms with Crippen LogP contribution in [-0.4, -0.2) is 24.5 Å². The molecular weight excluding hydrogens is 312 g/mol. The highest BCUT2D eigenvalue weighted by atomic mass is 79.9. The van der Waals surface area contributed by atoms with E-state index in [2.05, 4.69) is 41.7 Å². The first-order chi connectivity index (χ1) is 8.45. The zero-order valence-corrected chi connectivity index (χ0v) is 13.6. The second-order valence-electron chi connectivity index (χ2n) is 4.80. The average molecular weight is 334 g/mol. The van der Waals surface area contributed by atoms with Crippen molar-refractivity contribution < 1.29 is 0 Å². The predicted octanol–water partition coefficient (Wildman–Crippen LogP) is 4.22. The molecule has 2 atom stereocenters. The summed E-state index contributed by atoms with van der Waals surface area (Å²) in [6.07, 6.45) is 2.08. The molecular formula is C14H22BrClN2. The molecule has 2 nitrogen and oxygen atoms in total. The summed E-state index contributed by atoms with van der Waals surface area (Å²) >= 11 is 9.61. The monoisotopic (exact) mass is 332 g/mol. The fourth-order valence-electron chi connectivity index (χ4n) is 1.83. The third-order valence-electron chi connectivity index (χ3n) is 3.50. The second-order valence-corrected chi connectivity index (χ2v) is 6.12. The number of halogens is 2. The first-order valence-corrected chi connectivity index (χ1v) is 7.53. The molecule has 0 fully saturated rings. The topological polar surface area (TPSA) is 29.3 Å². The van der Waals surface area contributed by atoms with Crippen molar-refractivity contribution in [2.75, 3.05) is 13.6 Å². The van der Waals surface area contributed by atoms with Crippen LogP contribution in [0.4, 0.5) is 0 Å². The number of hydrogen-bond acceptors (Lipinski definition) is 2. The summed E-state index contributed by atoms with van der Waals surface area (Å²) in [5, 5.41) is 0.739. The van der Waals surface area contributed by atoms with Crippen LogP contribution in [0.3, 0.4) is 0 Å². The fraction of sp³-hybridized carbons (Fsp3) is 0.571. The fourth-order valence-corrected chi connectivity index (χ4v) is 2.65. The van der Waals surface area contributed by atoms with Gasteiger partial charge in [-0.1, -0.05) is 40.5 Å². The molecule has 0 spiro atoms. The number of nitrogens with zero attached hydrogens (tertiary/aromatic N) is 1. The lowest BCUT2D eigenvalue weighted by Gasteiger charge is -2.25. The zero-order valence-electron chi connectivity index (χ0n) is 11.3. The van der Waals surface area contributed by atoms with Crippen LogP contribution in [0.15, 0.2) is 22.7 Å². The average Bonchev–Trinajstić information content (AvgIpc) is 2.34. The summed E-state index contributed by atoms with van der Waals surface area (Å²) in [7, 11) is 2.14. The second kappa shape index (κ2) is 7.49. The number of benzene rings is 1. The molecule has 0 bridgehead atoms. The van der Waals surface area contributed by atoms with Gasteiger partial charge in [0.05, 0.1) is 0 Å². The summed E-state index contributed by atoms with van der Waals surface area (Å²) in [4.78, 5) is 2.34. The van der Waals surface area contributed by atoms with Gasteiger partial charge in [-0.3, -0.25) is 0 Å². The van der Waals surface area contributed by atoms with E-state index in [4.69, 9.17) is 17.3 Å². The first kappa shape index (κ1) is 16.0. The maximum atomic E-state index is 6.21.